The van der Waals surface area contributed by atoms with Gasteiger partial charge in [-0.05, 0) is 22.4 Å². The van der Waals surface area contributed by atoms with E-state index in [0.29, 0.717) is 23.6 Å². The number of nitrogens with one attached hydrogen (secondary N) is 2. The molecule has 2 N–H and O–H groups in total. The molecule has 146 valence electrons. The topological polar surface area (TPSA) is 102 Å². The Balaban J connectivity index is 1.91. The molecule has 0 saturated carbocycles. The van der Waals surface area contributed by atoms with Crippen LogP contribution in [0.2, 0.25) is 0 Å². The molecule has 1 aliphatic heterocycles. The van der Waals surface area contributed by atoms with E-state index < -0.39 is 6.04 Å². The fourth-order valence-electron chi connectivity index (χ4n) is 3.32. The van der Waals surface area contributed by atoms with E-state index in [2.05, 4.69) is 26.2 Å². The van der Waals surface area contributed by atoms with Gasteiger partial charge in [-0.3, -0.25) is 9.59 Å². The molecule has 1 atom stereocenters. The molecule has 0 spiro atoms. The lowest BCUT2D eigenvalue weighted by molar-refractivity contribution is -0.117. The molecule has 0 radical (unpaired) electrons. The Bertz CT molecular complexity index is 1060. The van der Waals surface area contributed by atoms with Crippen LogP contribution in [0.25, 0.3) is 0 Å². The van der Waals surface area contributed by atoms with Gasteiger partial charge in [0.1, 0.15) is 11.7 Å². The molecule has 1 aromatic heterocycles. The van der Waals surface area contributed by atoms with Crippen molar-refractivity contribution in [2.75, 3.05) is 11.9 Å². The number of benzene rings is 2. The molecule has 8 nitrogen and oxygen atoms in total. The van der Waals surface area contributed by atoms with Gasteiger partial charge < -0.3 is 10.6 Å². The molecular formula is C21H20N6O2. The number of tetrazole rings is 1. The van der Waals surface area contributed by atoms with Gasteiger partial charge in [0.25, 0.3) is 5.91 Å². The largest absolute Gasteiger partial charge is 0.351 e. The summed E-state index contributed by atoms with van der Waals surface area (Å²) in [5.41, 5.74) is 1.77. The number of Topliss-reactive ketones (excluding diaryl/α,β-unsaturated/α-hetero) is 1. The maximum absolute atomic E-state index is 13.5. The fraction of sp³-hybridized carbons (Fsp3) is 0.190. The van der Waals surface area contributed by atoms with Crippen molar-refractivity contribution in [2.45, 2.75) is 19.4 Å². The molecule has 0 unspecified atom stereocenters. The smallest absolute Gasteiger partial charge is 0.268 e. The number of amides is 1. The van der Waals surface area contributed by atoms with Crippen LogP contribution in [0.3, 0.4) is 0 Å². The Morgan fingerprint density at radius 3 is 2.45 bits per heavy atom. The van der Waals surface area contributed by atoms with Crippen LogP contribution in [-0.4, -0.2) is 38.4 Å². The lowest BCUT2D eigenvalue weighted by Crippen LogP contribution is -2.37. The van der Waals surface area contributed by atoms with Gasteiger partial charge in [0.15, 0.2) is 5.78 Å². The number of nitrogens with zero attached hydrogens (tertiary/aromatic N) is 4. The SMILES string of the molecule is CCCNC(=O)C1=C(C(=O)c2ccccc2)[C@H](c2ccccc2)n2nnnc2N1. The Morgan fingerprint density at radius 2 is 1.76 bits per heavy atom. The van der Waals surface area contributed by atoms with Crippen molar-refractivity contribution in [3.05, 3.63) is 83.1 Å². The lowest BCUT2D eigenvalue weighted by Gasteiger charge is -2.28. The van der Waals surface area contributed by atoms with E-state index in [4.69, 9.17) is 0 Å². The minimum atomic E-state index is -0.627. The van der Waals surface area contributed by atoms with Crippen molar-refractivity contribution in [2.24, 2.45) is 0 Å². The quantitative estimate of drug-likeness (QED) is 0.629. The van der Waals surface area contributed by atoms with Crippen molar-refractivity contribution < 1.29 is 9.59 Å². The van der Waals surface area contributed by atoms with Gasteiger partial charge in [-0.2, -0.15) is 4.68 Å². The van der Waals surface area contributed by atoms with E-state index in [-0.39, 0.29) is 17.4 Å². The number of anilines is 1. The Hall–Kier alpha value is -3.81. The summed E-state index contributed by atoms with van der Waals surface area (Å²) in [4.78, 5) is 26.5. The van der Waals surface area contributed by atoms with Crippen molar-refractivity contribution in [1.82, 2.24) is 25.5 Å². The van der Waals surface area contributed by atoms with Crippen LogP contribution in [0.4, 0.5) is 5.95 Å². The maximum Gasteiger partial charge on any atom is 0.268 e. The van der Waals surface area contributed by atoms with E-state index in [1.54, 1.807) is 24.3 Å². The Kier molecular flexibility index (Phi) is 5.15. The summed E-state index contributed by atoms with van der Waals surface area (Å²) in [6, 6.07) is 17.7. The highest BCUT2D eigenvalue weighted by Crippen LogP contribution is 2.36. The number of carbonyl (C=O) groups is 2. The Morgan fingerprint density at radius 1 is 1.07 bits per heavy atom. The fourth-order valence-corrected chi connectivity index (χ4v) is 3.32. The summed E-state index contributed by atoms with van der Waals surface area (Å²) >= 11 is 0. The summed E-state index contributed by atoms with van der Waals surface area (Å²) in [5, 5.41) is 17.6. The van der Waals surface area contributed by atoms with Crippen molar-refractivity contribution in [3.63, 3.8) is 0 Å². The molecule has 4 rings (SSSR count). The summed E-state index contributed by atoms with van der Waals surface area (Å²) in [7, 11) is 0. The number of carbonyl (C=O) groups excluding carboxylic acids is 2. The number of rotatable bonds is 6. The first kappa shape index (κ1) is 18.5. The highest BCUT2D eigenvalue weighted by atomic mass is 16.2. The van der Waals surface area contributed by atoms with E-state index in [0.717, 1.165) is 12.0 Å². The standard InChI is InChI=1S/C21H20N6O2/c1-2-13-22-20(29)17-16(19(28)15-11-7-4-8-12-15)18(14-9-5-3-6-10-14)27-21(23-17)24-25-26-27/h3-12,18H,2,13H2,1H3,(H,22,29)(H,23,24,26)/t18-/m0/s1. The molecule has 0 fully saturated rings. The second-order valence-electron chi connectivity index (χ2n) is 6.63. The molecule has 2 heterocycles. The minimum absolute atomic E-state index is 0.170. The second kappa shape index (κ2) is 8.05. The van der Waals surface area contributed by atoms with Crippen LogP contribution < -0.4 is 10.6 Å². The summed E-state index contributed by atoms with van der Waals surface area (Å²) in [6.07, 6.45) is 0.779. The van der Waals surface area contributed by atoms with E-state index in [1.807, 2.05) is 43.3 Å². The predicted octanol–water partition coefficient (Wildman–Crippen LogP) is 2.35. The second-order valence-corrected chi connectivity index (χ2v) is 6.63. The molecule has 2 aromatic carbocycles. The van der Waals surface area contributed by atoms with Gasteiger partial charge in [-0.1, -0.05) is 72.7 Å². The monoisotopic (exact) mass is 388 g/mol. The van der Waals surface area contributed by atoms with Crippen molar-refractivity contribution >= 4 is 17.6 Å². The summed E-state index contributed by atoms with van der Waals surface area (Å²) in [6.45, 7) is 2.46. The minimum Gasteiger partial charge on any atom is -0.351 e. The van der Waals surface area contributed by atoms with Crippen molar-refractivity contribution in [3.8, 4) is 0 Å². The van der Waals surface area contributed by atoms with E-state index >= 15 is 0 Å². The lowest BCUT2D eigenvalue weighted by atomic mass is 9.89. The zero-order chi connectivity index (χ0) is 20.2. The highest BCUT2D eigenvalue weighted by molar-refractivity contribution is 6.15. The zero-order valence-corrected chi connectivity index (χ0v) is 15.9. The van der Waals surface area contributed by atoms with E-state index in [1.165, 1.54) is 4.68 Å². The van der Waals surface area contributed by atoms with Crippen LogP contribution >= 0.6 is 0 Å². The Labute approximate surface area is 167 Å². The molecule has 8 heteroatoms. The number of fused-ring (bicyclic) bond motifs is 1. The molecule has 1 amide bonds. The third kappa shape index (κ3) is 3.52. The molecule has 3 aromatic rings. The first-order valence-corrected chi connectivity index (χ1v) is 9.42. The molecule has 1 aliphatic rings. The van der Waals surface area contributed by atoms with Gasteiger partial charge in [0, 0.05) is 12.1 Å². The van der Waals surface area contributed by atoms with Crippen molar-refractivity contribution in [1.29, 1.82) is 0 Å². The first-order chi connectivity index (χ1) is 14.2. The molecule has 0 saturated heterocycles. The van der Waals surface area contributed by atoms with Crippen LogP contribution in [0.5, 0.6) is 0 Å². The number of ketones is 1. The third-order valence-electron chi connectivity index (χ3n) is 4.68. The summed E-state index contributed by atoms with van der Waals surface area (Å²) in [5.74, 6) is -0.304. The normalized spacial score (nSPS) is 15.4. The van der Waals surface area contributed by atoms with Gasteiger partial charge in [0.05, 0.1) is 5.57 Å². The van der Waals surface area contributed by atoms with Crippen LogP contribution in [0, 0.1) is 0 Å². The first-order valence-electron chi connectivity index (χ1n) is 9.42. The number of allylic oxidation sites excluding steroid dienone is 1. The van der Waals surface area contributed by atoms with Gasteiger partial charge >= 0.3 is 0 Å². The highest BCUT2D eigenvalue weighted by Gasteiger charge is 2.37. The molecule has 0 aliphatic carbocycles. The van der Waals surface area contributed by atoms with Gasteiger partial charge in [-0.15, -0.1) is 0 Å². The number of hydrogen-bond acceptors (Lipinski definition) is 6. The van der Waals surface area contributed by atoms with Crippen LogP contribution in [0.15, 0.2) is 71.9 Å². The van der Waals surface area contributed by atoms with Crippen LogP contribution in [0.1, 0.15) is 35.3 Å². The molecule has 0 bridgehead atoms. The molecule has 29 heavy (non-hydrogen) atoms. The maximum atomic E-state index is 13.5. The van der Waals surface area contributed by atoms with Gasteiger partial charge in [-0.25, -0.2) is 0 Å². The predicted molar refractivity (Wildman–Crippen MR) is 107 cm³/mol. The summed E-state index contributed by atoms with van der Waals surface area (Å²) < 4.78 is 1.53. The average molecular weight is 388 g/mol. The molecular weight excluding hydrogens is 368 g/mol. The average Bonchev–Trinajstić information content (AvgIpc) is 3.25. The third-order valence-corrected chi connectivity index (χ3v) is 4.68. The number of hydrogen-bond donors (Lipinski definition) is 2. The van der Waals surface area contributed by atoms with Gasteiger partial charge in [0.2, 0.25) is 5.95 Å². The van der Waals surface area contributed by atoms with Crippen LogP contribution in [-0.2, 0) is 4.79 Å². The van der Waals surface area contributed by atoms with E-state index in [9.17, 15) is 9.59 Å². The number of aromatic nitrogens is 4. The zero-order valence-electron chi connectivity index (χ0n) is 15.9.